The largest absolute Gasteiger partial charge is 0.472 e. The van der Waals surface area contributed by atoms with Gasteiger partial charge in [-0.1, -0.05) is 200 Å². The standard InChI is InChI=1S/C58H109O17P2/c1-5-9-13-17-21-25-27-29-32-35-39-43-56(61)69-49-53(74-57(62)44-40-36-31-24-20-16-12-8-4)50-72-76(64,65)70-46-52(59)47-71-77(66,67)73-51-54(48-68-55(60)42-38-34-30-23-19-15-11-7-3)75-58(63)45-41-37-33-28-26-22-18-14-10-6-2/h52-54,59H,1-2,4-51H2,3H3,(H,64,65)(H,66,67)/q-3/t52-,53-,54-/m1/s1. The van der Waals surface area contributed by atoms with Crippen LogP contribution in [0.3, 0.4) is 0 Å². The zero-order valence-electron chi connectivity index (χ0n) is 48.0. The van der Waals surface area contributed by atoms with Crippen LogP contribution in [-0.2, 0) is 65.4 Å². The van der Waals surface area contributed by atoms with Gasteiger partial charge in [0.05, 0.1) is 26.4 Å². The van der Waals surface area contributed by atoms with Crippen molar-refractivity contribution in [1.29, 1.82) is 0 Å². The summed E-state index contributed by atoms with van der Waals surface area (Å²) >= 11 is 0. The minimum absolute atomic E-state index is 0.0917. The Labute approximate surface area is 467 Å². The van der Waals surface area contributed by atoms with Gasteiger partial charge in [0.25, 0.3) is 0 Å². The fourth-order valence-electron chi connectivity index (χ4n) is 8.35. The van der Waals surface area contributed by atoms with E-state index in [2.05, 4.69) is 27.7 Å². The predicted octanol–water partition coefficient (Wildman–Crippen LogP) is 15.0. The van der Waals surface area contributed by atoms with Crippen LogP contribution in [-0.4, -0.2) is 96.7 Å². The molecule has 0 heterocycles. The Morgan fingerprint density at radius 1 is 0.351 bits per heavy atom. The molecule has 0 aliphatic rings. The normalized spacial score (nSPS) is 14.3. The van der Waals surface area contributed by atoms with E-state index in [1.165, 1.54) is 70.6 Å². The number of aliphatic hydroxyl groups is 1. The fourth-order valence-corrected chi connectivity index (χ4v) is 9.93. The number of carbonyl (C=O) groups is 4. The SMILES string of the molecule is [CH2-]CCCCCCCCCCCCC(=O)OC[C@H](COP(=O)(O)OC[C@@H](O)COP(=O)(O)OC[C@@H](COC(=O)CCCCCCCCCC)OC(=O)CCCCCCCCCCC[CH2-])OC(=O)CCCCCCCCC[CH2-]. The summed E-state index contributed by atoms with van der Waals surface area (Å²) in [4.78, 5) is 71.7. The van der Waals surface area contributed by atoms with E-state index in [4.69, 9.17) is 37.0 Å². The maximum atomic E-state index is 12.9. The van der Waals surface area contributed by atoms with Crippen molar-refractivity contribution in [2.24, 2.45) is 0 Å². The van der Waals surface area contributed by atoms with Gasteiger partial charge in [-0.15, -0.1) is 0 Å². The molecule has 0 aromatic heterocycles. The van der Waals surface area contributed by atoms with Crippen molar-refractivity contribution in [2.75, 3.05) is 39.6 Å². The van der Waals surface area contributed by atoms with E-state index in [0.29, 0.717) is 25.7 Å². The monoisotopic (exact) mass is 1140 g/mol. The number of phosphoric acid groups is 2. The third-order valence-corrected chi connectivity index (χ3v) is 14.9. The van der Waals surface area contributed by atoms with Gasteiger partial charge in [-0.05, 0) is 25.7 Å². The van der Waals surface area contributed by atoms with E-state index in [0.717, 1.165) is 141 Å². The zero-order valence-corrected chi connectivity index (χ0v) is 49.8. The van der Waals surface area contributed by atoms with Crippen LogP contribution in [0.2, 0.25) is 0 Å². The highest BCUT2D eigenvalue weighted by atomic mass is 31.2. The van der Waals surface area contributed by atoms with Crippen molar-refractivity contribution < 1.29 is 80.2 Å². The molecule has 0 aliphatic heterocycles. The first kappa shape index (κ1) is 75.1. The van der Waals surface area contributed by atoms with E-state index in [1.54, 1.807) is 0 Å². The molecule has 2 unspecified atom stereocenters. The van der Waals surface area contributed by atoms with E-state index >= 15 is 0 Å². The molecule has 0 radical (unpaired) electrons. The summed E-state index contributed by atoms with van der Waals surface area (Å²) in [5.41, 5.74) is 0. The second-order valence-corrected chi connectivity index (χ2v) is 23.5. The van der Waals surface area contributed by atoms with Crippen LogP contribution in [0.4, 0.5) is 0 Å². The molecule has 0 fully saturated rings. The number of rotatable bonds is 59. The van der Waals surface area contributed by atoms with Gasteiger partial charge in [0.2, 0.25) is 0 Å². The molecule has 0 aromatic rings. The van der Waals surface area contributed by atoms with Gasteiger partial charge in [-0.25, -0.2) is 9.13 Å². The fraction of sp³-hybridized carbons (Fsp3) is 0.879. The first-order valence-electron chi connectivity index (χ1n) is 30.2. The lowest BCUT2D eigenvalue weighted by Gasteiger charge is -2.21. The zero-order chi connectivity index (χ0) is 56.9. The van der Waals surface area contributed by atoms with Crippen molar-refractivity contribution >= 4 is 39.5 Å². The number of carbonyl (C=O) groups excluding carboxylic acids is 4. The molecule has 0 amide bonds. The number of unbranched alkanes of at least 4 members (excludes halogenated alkanes) is 33. The van der Waals surface area contributed by atoms with Gasteiger partial charge < -0.3 is 54.6 Å². The number of phosphoric ester groups is 2. The Kier molecular flexibility index (Phi) is 52.0. The van der Waals surface area contributed by atoms with Crippen molar-refractivity contribution in [1.82, 2.24) is 0 Å². The smallest absolute Gasteiger partial charge is 0.462 e. The predicted molar refractivity (Wildman–Crippen MR) is 302 cm³/mol. The van der Waals surface area contributed by atoms with Gasteiger partial charge in [-0.3, -0.25) is 37.3 Å². The third-order valence-electron chi connectivity index (χ3n) is 13.0. The maximum absolute atomic E-state index is 12.9. The molecule has 0 bridgehead atoms. The highest BCUT2D eigenvalue weighted by Crippen LogP contribution is 2.45. The second-order valence-electron chi connectivity index (χ2n) is 20.6. The molecular weight excluding hydrogens is 1030 g/mol. The summed E-state index contributed by atoms with van der Waals surface area (Å²) in [7, 11) is -9.88. The Bertz CT molecular complexity index is 1500. The summed E-state index contributed by atoms with van der Waals surface area (Å²) < 4.78 is 67.5. The molecule has 0 rings (SSSR count). The molecule has 19 heteroatoms. The lowest BCUT2D eigenvalue weighted by molar-refractivity contribution is -0.161. The Hall–Kier alpha value is -1.94. The first-order chi connectivity index (χ1) is 37.2. The molecule has 0 saturated heterocycles. The van der Waals surface area contributed by atoms with Crippen molar-refractivity contribution in [3.63, 3.8) is 0 Å². The van der Waals surface area contributed by atoms with Crippen LogP contribution in [0.1, 0.15) is 270 Å². The van der Waals surface area contributed by atoms with Gasteiger partial charge in [0, 0.05) is 25.7 Å². The lowest BCUT2D eigenvalue weighted by atomic mass is 10.1. The second kappa shape index (κ2) is 53.4. The third kappa shape index (κ3) is 53.2. The number of ether oxygens (including phenoxy) is 4. The summed E-state index contributed by atoms with van der Waals surface area (Å²) in [6.45, 7) is 9.79. The van der Waals surface area contributed by atoms with E-state index in [-0.39, 0.29) is 25.7 Å². The quantitative estimate of drug-likeness (QED) is 0.0169. The first-order valence-corrected chi connectivity index (χ1v) is 33.2. The molecular formula is C58H109O17P2-3. The molecule has 0 spiro atoms. The minimum Gasteiger partial charge on any atom is -0.462 e. The molecule has 17 nitrogen and oxygen atoms in total. The summed E-state index contributed by atoms with van der Waals surface area (Å²) in [5, 5.41) is 10.5. The molecule has 5 atom stereocenters. The van der Waals surface area contributed by atoms with Crippen LogP contribution >= 0.6 is 15.6 Å². The van der Waals surface area contributed by atoms with Crippen LogP contribution < -0.4 is 0 Å². The Morgan fingerprint density at radius 2 is 0.584 bits per heavy atom. The molecule has 456 valence electrons. The number of hydrogen-bond donors (Lipinski definition) is 3. The Balaban J connectivity index is 5.19. The molecule has 0 saturated carbocycles. The van der Waals surface area contributed by atoms with Crippen molar-refractivity contribution in [3.8, 4) is 0 Å². The summed E-state index contributed by atoms with van der Waals surface area (Å²) in [5.74, 6) is -2.18. The lowest BCUT2D eigenvalue weighted by Crippen LogP contribution is -2.30. The van der Waals surface area contributed by atoms with E-state index in [9.17, 15) is 43.2 Å². The molecule has 0 aromatic carbocycles. The van der Waals surface area contributed by atoms with E-state index < -0.39 is 97.5 Å². The summed E-state index contributed by atoms with van der Waals surface area (Å²) in [6.07, 6.45) is 34.4. The van der Waals surface area contributed by atoms with Gasteiger partial charge in [-0.2, -0.15) is 19.3 Å². The molecule has 77 heavy (non-hydrogen) atoms. The van der Waals surface area contributed by atoms with Crippen molar-refractivity contribution in [2.45, 2.75) is 288 Å². The number of esters is 4. The van der Waals surface area contributed by atoms with E-state index in [1.807, 2.05) is 0 Å². The average molecular weight is 1140 g/mol. The highest BCUT2D eigenvalue weighted by molar-refractivity contribution is 7.47. The van der Waals surface area contributed by atoms with Crippen LogP contribution in [0, 0.1) is 20.8 Å². The van der Waals surface area contributed by atoms with Crippen molar-refractivity contribution in [3.05, 3.63) is 20.8 Å². The van der Waals surface area contributed by atoms with Gasteiger partial charge in [0.1, 0.15) is 19.3 Å². The number of aliphatic hydroxyl groups excluding tert-OH is 1. The maximum Gasteiger partial charge on any atom is 0.472 e. The topological polar surface area (TPSA) is 237 Å². The van der Waals surface area contributed by atoms with Crippen LogP contribution in [0.15, 0.2) is 0 Å². The number of hydrogen-bond acceptors (Lipinski definition) is 15. The van der Waals surface area contributed by atoms with Crippen LogP contribution in [0.5, 0.6) is 0 Å². The minimum atomic E-state index is -4.94. The van der Waals surface area contributed by atoms with Gasteiger partial charge >= 0.3 is 39.5 Å². The Morgan fingerprint density at radius 3 is 0.857 bits per heavy atom. The summed E-state index contributed by atoms with van der Waals surface area (Å²) in [6, 6.07) is 0. The van der Waals surface area contributed by atoms with Gasteiger partial charge in [0.15, 0.2) is 12.2 Å². The highest BCUT2D eigenvalue weighted by Gasteiger charge is 2.30. The average Bonchev–Trinajstić information content (AvgIpc) is 3.40. The molecule has 0 aliphatic carbocycles. The van der Waals surface area contributed by atoms with Crippen LogP contribution in [0.25, 0.3) is 0 Å². The molecule has 3 N–H and O–H groups in total.